The summed E-state index contributed by atoms with van der Waals surface area (Å²) in [6.07, 6.45) is 0.535. The molecule has 1 fully saturated rings. The van der Waals surface area contributed by atoms with Gasteiger partial charge in [0.05, 0.1) is 17.6 Å². The summed E-state index contributed by atoms with van der Waals surface area (Å²) in [5.41, 5.74) is 1.14. The summed E-state index contributed by atoms with van der Waals surface area (Å²) < 4.78 is 33.3. The molecule has 128 valence electrons. The number of hydrogen-bond donors (Lipinski definition) is 0. The second-order valence-corrected chi connectivity index (χ2v) is 8.35. The lowest BCUT2D eigenvalue weighted by Crippen LogP contribution is -2.51. The van der Waals surface area contributed by atoms with E-state index in [2.05, 4.69) is 0 Å². The van der Waals surface area contributed by atoms with Crippen molar-refractivity contribution in [2.24, 2.45) is 0 Å². The van der Waals surface area contributed by atoms with E-state index in [9.17, 15) is 8.42 Å². The van der Waals surface area contributed by atoms with E-state index in [0.717, 1.165) is 5.56 Å². The second-order valence-electron chi connectivity index (χ2n) is 6.03. The van der Waals surface area contributed by atoms with Crippen molar-refractivity contribution < 1.29 is 13.2 Å². The lowest BCUT2D eigenvalue weighted by atomic mass is 10.1. The average molecular weight is 366 g/mol. The quantitative estimate of drug-likeness (QED) is 0.834. The molecule has 1 aliphatic heterocycles. The van der Waals surface area contributed by atoms with Crippen molar-refractivity contribution in [3.63, 3.8) is 0 Å². The molecular formula is C18H20ClNO3S. The number of sulfonamides is 1. The highest BCUT2D eigenvalue weighted by atomic mass is 35.5. The highest BCUT2D eigenvalue weighted by Gasteiger charge is 2.35. The number of nitrogens with zero attached hydrogens (tertiary/aromatic N) is 1. The summed E-state index contributed by atoms with van der Waals surface area (Å²) in [5, 5.41) is 0.415. The molecule has 0 bridgehead atoms. The van der Waals surface area contributed by atoms with Crippen LogP contribution < -0.4 is 0 Å². The number of hydrogen-bond acceptors (Lipinski definition) is 3. The minimum atomic E-state index is -3.59. The summed E-state index contributed by atoms with van der Waals surface area (Å²) >= 11 is 5.95. The van der Waals surface area contributed by atoms with Crippen molar-refractivity contribution in [3.8, 4) is 0 Å². The fraction of sp³-hybridized carbons (Fsp3) is 0.333. The summed E-state index contributed by atoms with van der Waals surface area (Å²) in [6.45, 7) is 2.59. The minimum absolute atomic E-state index is 0.155. The zero-order chi connectivity index (χ0) is 17.2. The van der Waals surface area contributed by atoms with E-state index in [-0.39, 0.29) is 17.0 Å². The third kappa shape index (κ3) is 3.81. The molecule has 4 nitrogen and oxygen atoms in total. The lowest BCUT2D eigenvalue weighted by molar-refractivity contribution is -0.0265. The van der Waals surface area contributed by atoms with Crippen LogP contribution in [0.1, 0.15) is 12.5 Å². The maximum Gasteiger partial charge on any atom is 0.243 e. The van der Waals surface area contributed by atoms with Crippen LogP contribution in [0.3, 0.4) is 0 Å². The van der Waals surface area contributed by atoms with E-state index in [4.69, 9.17) is 16.3 Å². The number of benzene rings is 2. The van der Waals surface area contributed by atoms with Crippen molar-refractivity contribution in [1.29, 1.82) is 0 Å². The molecule has 2 aromatic carbocycles. The van der Waals surface area contributed by atoms with Gasteiger partial charge in [0, 0.05) is 17.6 Å². The molecule has 0 radical (unpaired) electrons. The van der Waals surface area contributed by atoms with Gasteiger partial charge in [0.25, 0.3) is 0 Å². The van der Waals surface area contributed by atoms with Gasteiger partial charge in [-0.05, 0) is 37.1 Å². The van der Waals surface area contributed by atoms with Crippen molar-refractivity contribution in [2.45, 2.75) is 30.4 Å². The lowest BCUT2D eigenvalue weighted by Gasteiger charge is -2.37. The third-order valence-corrected chi connectivity index (χ3v) is 6.37. The van der Waals surface area contributed by atoms with Gasteiger partial charge in [0.15, 0.2) is 0 Å². The fourth-order valence-electron chi connectivity index (χ4n) is 2.89. The van der Waals surface area contributed by atoms with Crippen LogP contribution in [0.4, 0.5) is 0 Å². The topological polar surface area (TPSA) is 46.6 Å². The van der Waals surface area contributed by atoms with E-state index in [1.807, 2.05) is 37.3 Å². The number of rotatable bonds is 4. The van der Waals surface area contributed by atoms with Crippen molar-refractivity contribution in [3.05, 3.63) is 65.2 Å². The summed E-state index contributed by atoms with van der Waals surface area (Å²) in [4.78, 5) is 0.224. The van der Waals surface area contributed by atoms with Crippen LogP contribution in [0.2, 0.25) is 5.02 Å². The molecule has 0 amide bonds. The third-order valence-electron chi connectivity index (χ3n) is 4.16. The Bertz CT molecular complexity index is 795. The Hall–Kier alpha value is -1.40. The minimum Gasteiger partial charge on any atom is -0.375 e. The summed E-state index contributed by atoms with van der Waals surface area (Å²) in [5.74, 6) is 0. The molecular weight excluding hydrogens is 346 g/mol. The largest absolute Gasteiger partial charge is 0.375 e. The average Bonchev–Trinajstić information content (AvgIpc) is 2.57. The molecule has 24 heavy (non-hydrogen) atoms. The number of halogens is 1. The van der Waals surface area contributed by atoms with Crippen molar-refractivity contribution >= 4 is 21.6 Å². The first-order valence-corrected chi connectivity index (χ1v) is 9.71. The first-order valence-electron chi connectivity index (χ1n) is 7.90. The first kappa shape index (κ1) is 17.4. The fourth-order valence-corrected chi connectivity index (χ4v) is 4.84. The molecule has 3 rings (SSSR count). The van der Waals surface area contributed by atoms with Gasteiger partial charge < -0.3 is 4.74 Å². The summed E-state index contributed by atoms with van der Waals surface area (Å²) in [7, 11) is -3.59. The van der Waals surface area contributed by atoms with Crippen molar-refractivity contribution in [1.82, 2.24) is 4.31 Å². The molecule has 0 aromatic heterocycles. The number of ether oxygens (including phenoxy) is 1. The second kappa shape index (κ2) is 7.23. The van der Waals surface area contributed by atoms with E-state index >= 15 is 0 Å². The Morgan fingerprint density at radius 3 is 2.62 bits per heavy atom. The van der Waals surface area contributed by atoms with Gasteiger partial charge in [-0.25, -0.2) is 8.42 Å². The molecule has 0 saturated carbocycles. The van der Waals surface area contributed by atoms with Gasteiger partial charge >= 0.3 is 0 Å². The Morgan fingerprint density at radius 1 is 1.17 bits per heavy atom. The van der Waals surface area contributed by atoms with E-state index in [1.54, 1.807) is 18.2 Å². The Morgan fingerprint density at radius 2 is 1.92 bits per heavy atom. The molecule has 6 heteroatoms. The molecule has 0 N–H and O–H groups in total. The predicted octanol–water partition coefficient (Wildman–Crippen LogP) is 3.36. The van der Waals surface area contributed by atoms with Gasteiger partial charge in [0.1, 0.15) is 0 Å². The Kier molecular flexibility index (Phi) is 5.25. The molecule has 0 aliphatic carbocycles. The SMILES string of the molecule is CC1COC(Cc2ccccc2)CN1S(=O)(=O)c1cccc(Cl)c1. The maximum atomic E-state index is 13.0. The highest BCUT2D eigenvalue weighted by Crippen LogP contribution is 2.25. The van der Waals surface area contributed by atoms with Crippen LogP contribution in [0.5, 0.6) is 0 Å². The molecule has 2 unspecified atom stereocenters. The highest BCUT2D eigenvalue weighted by molar-refractivity contribution is 7.89. The normalized spacial score (nSPS) is 22.4. The first-order chi connectivity index (χ1) is 11.5. The predicted molar refractivity (Wildman–Crippen MR) is 94.7 cm³/mol. The van der Waals surface area contributed by atoms with Crippen LogP contribution in [0.25, 0.3) is 0 Å². The van der Waals surface area contributed by atoms with E-state index in [1.165, 1.54) is 10.4 Å². The smallest absolute Gasteiger partial charge is 0.243 e. The van der Waals surface area contributed by atoms with Crippen LogP contribution >= 0.6 is 11.6 Å². The Balaban J connectivity index is 1.81. The molecule has 2 aromatic rings. The van der Waals surface area contributed by atoms with Gasteiger partial charge in [-0.15, -0.1) is 0 Å². The van der Waals surface area contributed by atoms with Gasteiger partial charge in [-0.2, -0.15) is 4.31 Å². The van der Waals surface area contributed by atoms with Gasteiger partial charge in [-0.3, -0.25) is 0 Å². The van der Waals surface area contributed by atoms with Crippen molar-refractivity contribution in [2.75, 3.05) is 13.2 Å². The maximum absolute atomic E-state index is 13.0. The van der Waals surface area contributed by atoms with E-state index < -0.39 is 10.0 Å². The molecule has 2 atom stereocenters. The molecule has 0 spiro atoms. The van der Waals surface area contributed by atoms with E-state index in [0.29, 0.717) is 24.6 Å². The molecule has 1 heterocycles. The van der Waals surface area contributed by atoms with Crippen LogP contribution in [-0.4, -0.2) is 38.0 Å². The molecule has 1 saturated heterocycles. The Labute approximate surface area is 148 Å². The standard InChI is InChI=1S/C18H20ClNO3S/c1-14-13-23-17(10-15-6-3-2-4-7-15)12-20(14)24(21,22)18-9-5-8-16(19)11-18/h2-9,11,14,17H,10,12-13H2,1H3. The van der Waals surface area contributed by atoms with Gasteiger partial charge in [-0.1, -0.05) is 48.0 Å². The zero-order valence-electron chi connectivity index (χ0n) is 13.4. The summed E-state index contributed by atoms with van der Waals surface area (Å²) in [6, 6.07) is 16.1. The van der Waals surface area contributed by atoms with Gasteiger partial charge in [0.2, 0.25) is 10.0 Å². The zero-order valence-corrected chi connectivity index (χ0v) is 15.0. The van der Waals surface area contributed by atoms with Crippen LogP contribution in [-0.2, 0) is 21.2 Å². The monoisotopic (exact) mass is 365 g/mol. The molecule has 1 aliphatic rings. The van der Waals surface area contributed by atoms with Crippen LogP contribution in [0.15, 0.2) is 59.5 Å². The number of morpholine rings is 1. The van der Waals surface area contributed by atoms with Crippen LogP contribution in [0, 0.1) is 0 Å².